The first-order valence-electron chi connectivity index (χ1n) is 6.77. The van der Waals surface area contributed by atoms with Gasteiger partial charge in [0.2, 0.25) is 0 Å². The molecule has 108 valence electrons. The summed E-state index contributed by atoms with van der Waals surface area (Å²) in [5, 5.41) is 10.5. The van der Waals surface area contributed by atoms with E-state index < -0.39 is 5.60 Å². The third kappa shape index (κ3) is 4.82. The molecule has 2 nitrogen and oxygen atoms in total. The average Bonchev–Trinajstić information content (AvgIpc) is 2.47. The third-order valence-electron chi connectivity index (χ3n) is 3.05. The van der Waals surface area contributed by atoms with Gasteiger partial charge in [0.1, 0.15) is 17.1 Å². The molecule has 3 heteroatoms. The zero-order valence-corrected chi connectivity index (χ0v) is 12.8. The largest absolute Gasteiger partial charge is 0.457 e. The Labute approximate surface area is 130 Å². The summed E-state index contributed by atoms with van der Waals surface area (Å²) in [5.41, 5.74) is -0.113. The third-order valence-corrected chi connectivity index (χ3v) is 3.29. The lowest BCUT2D eigenvalue weighted by atomic mass is 10.0. The van der Waals surface area contributed by atoms with Crippen molar-refractivity contribution in [3.05, 3.63) is 59.1 Å². The predicted octanol–water partition coefficient (Wildman–Crippen LogP) is 4.64. The van der Waals surface area contributed by atoms with Crippen LogP contribution in [0.5, 0.6) is 11.5 Å². The summed E-state index contributed by atoms with van der Waals surface area (Å²) in [6.45, 7) is 3.60. The first-order valence-corrected chi connectivity index (χ1v) is 7.15. The molecule has 0 spiro atoms. The predicted molar refractivity (Wildman–Crippen MR) is 85.8 cm³/mol. The van der Waals surface area contributed by atoms with E-state index in [1.165, 1.54) is 0 Å². The van der Waals surface area contributed by atoms with E-state index in [0.717, 1.165) is 5.56 Å². The first kappa shape index (κ1) is 15.4. The summed E-state index contributed by atoms with van der Waals surface area (Å²) in [6.07, 6.45) is 0.593. The van der Waals surface area contributed by atoms with Gasteiger partial charge in [-0.3, -0.25) is 0 Å². The highest BCUT2D eigenvalue weighted by Gasteiger charge is 2.12. The van der Waals surface area contributed by atoms with Crippen molar-refractivity contribution in [1.29, 1.82) is 0 Å². The minimum atomic E-state index is -0.948. The highest BCUT2D eigenvalue weighted by atomic mass is 35.5. The molecule has 2 aromatic carbocycles. The van der Waals surface area contributed by atoms with Gasteiger partial charge in [0.25, 0.3) is 0 Å². The highest BCUT2D eigenvalue weighted by Crippen LogP contribution is 2.24. The van der Waals surface area contributed by atoms with Crippen molar-refractivity contribution in [2.75, 3.05) is 0 Å². The Morgan fingerprint density at radius 1 is 1.14 bits per heavy atom. The van der Waals surface area contributed by atoms with E-state index >= 15 is 0 Å². The second-order valence-electron chi connectivity index (χ2n) is 4.96. The summed E-state index contributed by atoms with van der Waals surface area (Å²) < 4.78 is 5.70. The second kappa shape index (κ2) is 6.67. The molecule has 1 unspecified atom stereocenters. The molecule has 2 aromatic rings. The molecule has 2 rings (SSSR count). The number of ether oxygens (including phenoxy) is 1. The maximum Gasteiger partial charge on any atom is 0.128 e. The van der Waals surface area contributed by atoms with Crippen molar-refractivity contribution in [2.24, 2.45) is 0 Å². The Hall–Kier alpha value is -1.95. The van der Waals surface area contributed by atoms with Crippen molar-refractivity contribution in [3.8, 4) is 23.3 Å². The van der Waals surface area contributed by atoms with Crippen LogP contribution in [-0.4, -0.2) is 10.7 Å². The molecule has 0 fully saturated rings. The van der Waals surface area contributed by atoms with Crippen LogP contribution in [0, 0.1) is 11.8 Å². The summed E-state index contributed by atoms with van der Waals surface area (Å²) >= 11 is 5.91. The number of hydrogen-bond acceptors (Lipinski definition) is 2. The minimum Gasteiger partial charge on any atom is -0.457 e. The van der Waals surface area contributed by atoms with E-state index in [9.17, 15) is 5.11 Å². The smallest absolute Gasteiger partial charge is 0.128 e. The Bertz CT molecular complexity index is 664. The maximum atomic E-state index is 9.85. The van der Waals surface area contributed by atoms with Crippen LogP contribution in [0.3, 0.4) is 0 Å². The average molecular weight is 301 g/mol. The van der Waals surface area contributed by atoms with Gasteiger partial charge in [-0.15, -0.1) is 0 Å². The van der Waals surface area contributed by atoms with Crippen LogP contribution in [0.1, 0.15) is 25.8 Å². The molecular formula is C18H17ClO2. The zero-order valence-electron chi connectivity index (χ0n) is 12.1. The summed E-state index contributed by atoms with van der Waals surface area (Å²) in [5.74, 6) is 7.21. The fourth-order valence-corrected chi connectivity index (χ4v) is 1.75. The van der Waals surface area contributed by atoms with Crippen LogP contribution in [-0.2, 0) is 0 Å². The standard InChI is InChI=1S/C18H17ClO2/c1-3-18(2,20)12-11-14-7-9-16(10-8-14)21-17-6-4-5-15(19)13-17/h4-10,13,20H,3H2,1-2H3. The molecule has 0 saturated carbocycles. The van der Waals surface area contributed by atoms with Crippen molar-refractivity contribution < 1.29 is 9.84 Å². The van der Waals surface area contributed by atoms with Gasteiger partial charge in [-0.05, 0) is 55.8 Å². The second-order valence-corrected chi connectivity index (χ2v) is 5.40. The van der Waals surface area contributed by atoms with Crippen LogP contribution < -0.4 is 4.74 Å². The number of rotatable bonds is 3. The van der Waals surface area contributed by atoms with Crippen LogP contribution in [0.15, 0.2) is 48.5 Å². The van der Waals surface area contributed by atoms with Gasteiger partial charge in [0, 0.05) is 10.6 Å². The number of aliphatic hydroxyl groups is 1. The number of hydrogen-bond donors (Lipinski definition) is 1. The summed E-state index contributed by atoms with van der Waals surface area (Å²) in [4.78, 5) is 0. The van der Waals surface area contributed by atoms with E-state index in [2.05, 4.69) is 11.8 Å². The van der Waals surface area contributed by atoms with Gasteiger partial charge in [0.15, 0.2) is 0 Å². The molecule has 0 radical (unpaired) electrons. The maximum absolute atomic E-state index is 9.85. The van der Waals surface area contributed by atoms with E-state index in [4.69, 9.17) is 16.3 Å². The quantitative estimate of drug-likeness (QED) is 0.836. The van der Waals surface area contributed by atoms with E-state index in [1.807, 2.05) is 43.3 Å². The molecular weight excluding hydrogens is 284 g/mol. The van der Waals surface area contributed by atoms with E-state index in [0.29, 0.717) is 22.9 Å². The van der Waals surface area contributed by atoms with Gasteiger partial charge in [-0.2, -0.15) is 0 Å². The topological polar surface area (TPSA) is 29.5 Å². The number of benzene rings is 2. The SMILES string of the molecule is CCC(C)(O)C#Cc1ccc(Oc2cccc(Cl)c2)cc1. The van der Waals surface area contributed by atoms with Gasteiger partial charge < -0.3 is 9.84 Å². The van der Waals surface area contributed by atoms with Crippen LogP contribution in [0.2, 0.25) is 5.02 Å². The van der Waals surface area contributed by atoms with E-state index in [-0.39, 0.29) is 0 Å². The van der Waals surface area contributed by atoms with Crippen molar-refractivity contribution in [1.82, 2.24) is 0 Å². The van der Waals surface area contributed by atoms with Crippen LogP contribution in [0.4, 0.5) is 0 Å². The normalized spacial score (nSPS) is 13.0. The molecule has 1 N–H and O–H groups in total. The van der Waals surface area contributed by atoms with Crippen LogP contribution >= 0.6 is 11.6 Å². The lowest BCUT2D eigenvalue weighted by Crippen LogP contribution is -2.19. The van der Waals surface area contributed by atoms with Crippen molar-refractivity contribution >= 4 is 11.6 Å². The molecule has 0 bridgehead atoms. The molecule has 1 atom stereocenters. The molecule has 0 aliphatic heterocycles. The summed E-state index contributed by atoms with van der Waals surface area (Å²) in [6, 6.07) is 14.6. The Morgan fingerprint density at radius 3 is 2.48 bits per heavy atom. The Morgan fingerprint density at radius 2 is 1.86 bits per heavy atom. The van der Waals surface area contributed by atoms with Gasteiger partial charge >= 0.3 is 0 Å². The monoisotopic (exact) mass is 300 g/mol. The van der Waals surface area contributed by atoms with Gasteiger partial charge in [-0.1, -0.05) is 36.4 Å². The molecule has 0 amide bonds. The van der Waals surface area contributed by atoms with Gasteiger partial charge in [-0.25, -0.2) is 0 Å². The van der Waals surface area contributed by atoms with Gasteiger partial charge in [0.05, 0.1) is 0 Å². The van der Waals surface area contributed by atoms with E-state index in [1.54, 1.807) is 19.1 Å². The Balaban J connectivity index is 2.09. The Kier molecular flexibility index (Phi) is 4.90. The molecule has 0 heterocycles. The molecule has 0 saturated heterocycles. The number of halogens is 1. The molecule has 21 heavy (non-hydrogen) atoms. The molecule has 0 aliphatic rings. The van der Waals surface area contributed by atoms with Crippen molar-refractivity contribution in [2.45, 2.75) is 25.9 Å². The molecule has 0 aromatic heterocycles. The molecule has 0 aliphatic carbocycles. The summed E-state index contributed by atoms with van der Waals surface area (Å²) in [7, 11) is 0. The van der Waals surface area contributed by atoms with Crippen molar-refractivity contribution in [3.63, 3.8) is 0 Å². The fourth-order valence-electron chi connectivity index (χ4n) is 1.57. The fraction of sp³-hybridized carbons (Fsp3) is 0.222. The van der Waals surface area contributed by atoms with Crippen LogP contribution in [0.25, 0.3) is 0 Å². The zero-order chi connectivity index (χ0) is 15.3. The lowest BCUT2D eigenvalue weighted by molar-refractivity contribution is 0.118. The highest BCUT2D eigenvalue weighted by molar-refractivity contribution is 6.30. The lowest BCUT2D eigenvalue weighted by Gasteiger charge is -2.11. The minimum absolute atomic E-state index is 0.593. The first-order chi connectivity index (χ1) is 9.98.